The van der Waals surface area contributed by atoms with Crippen LogP contribution >= 0.6 is 11.6 Å². The van der Waals surface area contributed by atoms with E-state index in [0.717, 1.165) is 0 Å². The number of hydrogen-bond acceptors (Lipinski definition) is 4. The fourth-order valence-corrected chi connectivity index (χ4v) is 1.94. The van der Waals surface area contributed by atoms with E-state index in [1.165, 1.54) is 12.1 Å². The van der Waals surface area contributed by atoms with Crippen LogP contribution in [0.15, 0.2) is 12.1 Å². The highest BCUT2D eigenvalue weighted by atomic mass is 35.5. The predicted octanol–water partition coefficient (Wildman–Crippen LogP) is 1.66. The van der Waals surface area contributed by atoms with E-state index >= 15 is 0 Å². The number of carboxylic acid groups (broad SMARTS) is 1. The molecule has 6 nitrogen and oxygen atoms in total. The number of rotatable bonds is 4. The van der Waals surface area contributed by atoms with Crippen molar-refractivity contribution in [1.82, 2.24) is 5.32 Å². The average molecular weight is 286 g/mol. The lowest BCUT2D eigenvalue weighted by molar-refractivity contribution is -0.139. The molecule has 0 aliphatic carbocycles. The second-order valence-electron chi connectivity index (χ2n) is 3.96. The van der Waals surface area contributed by atoms with Crippen LogP contribution in [0.2, 0.25) is 5.02 Å². The molecule has 2 rings (SSSR count). The molecule has 0 radical (unpaired) electrons. The third-order valence-electron chi connectivity index (χ3n) is 2.70. The molecule has 0 saturated carbocycles. The Balaban J connectivity index is 2.20. The number of amides is 1. The Hall–Kier alpha value is -1.95. The van der Waals surface area contributed by atoms with E-state index in [-0.39, 0.29) is 17.4 Å². The molecule has 102 valence electrons. The smallest absolute Gasteiger partial charge is 0.326 e. The standard InChI is InChI=1S/C12H12ClNO5/c1-2-8(12(16)17)14-11(15)6-3-7(13)10-9(4-6)18-5-19-10/h3-4,8H,2,5H2,1H3,(H,14,15)(H,16,17)/t8-/m0/s1. The van der Waals surface area contributed by atoms with Crippen LogP contribution < -0.4 is 14.8 Å². The summed E-state index contributed by atoms with van der Waals surface area (Å²) in [4.78, 5) is 22.8. The Morgan fingerprint density at radius 1 is 1.47 bits per heavy atom. The van der Waals surface area contributed by atoms with Gasteiger partial charge in [-0.1, -0.05) is 18.5 Å². The van der Waals surface area contributed by atoms with Gasteiger partial charge in [0.1, 0.15) is 6.04 Å². The summed E-state index contributed by atoms with van der Waals surface area (Å²) in [5.74, 6) is -0.832. The lowest BCUT2D eigenvalue weighted by Gasteiger charge is -2.12. The molecule has 1 amide bonds. The number of fused-ring (bicyclic) bond motifs is 1. The van der Waals surface area contributed by atoms with Crippen molar-refractivity contribution in [3.8, 4) is 11.5 Å². The third-order valence-corrected chi connectivity index (χ3v) is 2.98. The minimum Gasteiger partial charge on any atom is -0.480 e. The Kier molecular flexibility index (Phi) is 3.80. The van der Waals surface area contributed by atoms with E-state index in [2.05, 4.69) is 5.32 Å². The largest absolute Gasteiger partial charge is 0.480 e. The van der Waals surface area contributed by atoms with Crippen LogP contribution in [0.5, 0.6) is 11.5 Å². The van der Waals surface area contributed by atoms with Gasteiger partial charge >= 0.3 is 5.97 Å². The number of halogens is 1. The maximum Gasteiger partial charge on any atom is 0.326 e. The molecule has 1 aliphatic rings. The van der Waals surface area contributed by atoms with Gasteiger partial charge < -0.3 is 19.9 Å². The average Bonchev–Trinajstić information content (AvgIpc) is 2.83. The van der Waals surface area contributed by atoms with E-state index < -0.39 is 17.9 Å². The SMILES string of the molecule is CC[C@H](NC(=O)c1cc(Cl)c2c(c1)OCO2)C(=O)O. The van der Waals surface area contributed by atoms with Crippen molar-refractivity contribution in [2.75, 3.05) is 6.79 Å². The first kappa shape index (κ1) is 13.5. The number of nitrogens with one attached hydrogen (secondary N) is 1. The molecule has 0 fully saturated rings. The van der Waals surface area contributed by atoms with Gasteiger partial charge in [0.15, 0.2) is 11.5 Å². The van der Waals surface area contributed by atoms with Gasteiger partial charge in [0.2, 0.25) is 6.79 Å². The van der Waals surface area contributed by atoms with Crippen LogP contribution in [0.3, 0.4) is 0 Å². The first-order valence-corrected chi connectivity index (χ1v) is 6.03. The van der Waals surface area contributed by atoms with E-state index in [4.69, 9.17) is 26.2 Å². The molecule has 7 heteroatoms. The second kappa shape index (κ2) is 5.36. The van der Waals surface area contributed by atoms with Crippen LogP contribution in [0.25, 0.3) is 0 Å². The second-order valence-corrected chi connectivity index (χ2v) is 4.37. The highest BCUT2D eigenvalue weighted by Gasteiger charge is 2.23. The maximum atomic E-state index is 11.9. The molecule has 1 aromatic carbocycles. The summed E-state index contributed by atoms with van der Waals surface area (Å²) >= 11 is 5.95. The molecule has 1 aromatic rings. The molecular formula is C12H12ClNO5. The van der Waals surface area contributed by atoms with Crippen LogP contribution in [0.1, 0.15) is 23.7 Å². The number of carbonyl (C=O) groups excluding carboxylic acids is 1. The van der Waals surface area contributed by atoms with Gasteiger partial charge in [0.05, 0.1) is 5.02 Å². The van der Waals surface area contributed by atoms with Gasteiger partial charge in [-0.25, -0.2) is 4.79 Å². The number of carbonyl (C=O) groups is 2. The minimum absolute atomic E-state index is 0.0484. The van der Waals surface area contributed by atoms with Gasteiger partial charge in [-0.3, -0.25) is 4.79 Å². The summed E-state index contributed by atoms with van der Waals surface area (Å²) in [6.45, 7) is 1.72. The summed E-state index contributed by atoms with van der Waals surface area (Å²) in [5.41, 5.74) is 0.231. The third kappa shape index (κ3) is 2.73. The topological polar surface area (TPSA) is 84.9 Å². The van der Waals surface area contributed by atoms with Crippen molar-refractivity contribution in [2.24, 2.45) is 0 Å². The molecule has 0 unspecified atom stereocenters. The molecule has 0 saturated heterocycles. The van der Waals surface area contributed by atoms with Crippen LogP contribution in [0, 0.1) is 0 Å². The molecule has 19 heavy (non-hydrogen) atoms. The quantitative estimate of drug-likeness (QED) is 0.879. The zero-order valence-electron chi connectivity index (χ0n) is 10.1. The summed E-state index contributed by atoms with van der Waals surface area (Å²) in [7, 11) is 0. The first-order chi connectivity index (χ1) is 9.02. The van der Waals surface area contributed by atoms with Crippen molar-refractivity contribution in [2.45, 2.75) is 19.4 Å². The lowest BCUT2D eigenvalue weighted by Crippen LogP contribution is -2.40. The Bertz CT molecular complexity index is 531. The summed E-state index contributed by atoms with van der Waals surface area (Å²) < 4.78 is 10.3. The van der Waals surface area contributed by atoms with Gasteiger partial charge in [-0.2, -0.15) is 0 Å². The number of carboxylic acids is 1. The van der Waals surface area contributed by atoms with Crippen molar-refractivity contribution in [3.63, 3.8) is 0 Å². The molecule has 1 aliphatic heterocycles. The summed E-state index contributed by atoms with van der Waals surface area (Å²) in [5, 5.41) is 11.6. The van der Waals surface area contributed by atoms with Crippen molar-refractivity contribution < 1.29 is 24.2 Å². The van der Waals surface area contributed by atoms with Gasteiger partial charge in [-0.15, -0.1) is 0 Å². The number of benzene rings is 1. The molecular weight excluding hydrogens is 274 g/mol. The monoisotopic (exact) mass is 285 g/mol. The van der Waals surface area contributed by atoms with Crippen molar-refractivity contribution in [1.29, 1.82) is 0 Å². The van der Waals surface area contributed by atoms with E-state index in [1.54, 1.807) is 6.92 Å². The molecule has 0 aromatic heterocycles. The van der Waals surface area contributed by atoms with Crippen molar-refractivity contribution >= 4 is 23.5 Å². The van der Waals surface area contributed by atoms with E-state index in [9.17, 15) is 9.59 Å². The Labute approximate surface area is 114 Å². The fourth-order valence-electron chi connectivity index (χ4n) is 1.68. The number of ether oxygens (including phenoxy) is 2. The molecule has 1 atom stereocenters. The molecule has 0 spiro atoms. The van der Waals surface area contributed by atoms with Gasteiger partial charge in [-0.05, 0) is 18.6 Å². The maximum absolute atomic E-state index is 11.9. The zero-order valence-corrected chi connectivity index (χ0v) is 10.9. The number of aliphatic carboxylic acids is 1. The Morgan fingerprint density at radius 3 is 2.84 bits per heavy atom. The van der Waals surface area contributed by atoms with Gasteiger partial charge in [0, 0.05) is 5.56 Å². The normalized spacial score (nSPS) is 14.0. The van der Waals surface area contributed by atoms with Crippen LogP contribution in [0.4, 0.5) is 0 Å². The Morgan fingerprint density at radius 2 is 2.21 bits per heavy atom. The van der Waals surface area contributed by atoms with Crippen LogP contribution in [-0.2, 0) is 4.79 Å². The highest BCUT2D eigenvalue weighted by molar-refractivity contribution is 6.32. The summed E-state index contributed by atoms with van der Waals surface area (Å²) in [6.07, 6.45) is 0.291. The van der Waals surface area contributed by atoms with Gasteiger partial charge in [0.25, 0.3) is 5.91 Å². The summed E-state index contributed by atoms with van der Waals surface area (Å²) in [6, 6.07) is 1.95. The number of hydrogen-bond donors (Lipinski definition) is 2. The fraction of sp³-hybridized carbons (Fsp3) is 0.333. The predicted molar refractivity (Wildman–Crippen MR) is 66.8 cm³/mol. The first-order valence-electron chi connectivity index (χ1n) is 5.65. The van der Waals surface area contributed by atoms with Crippen LogP contribution in [-0.4, -0.2) is 29.8 Å². The van der Waals surface area contributed by atoms with Crippen molar-refractivity contribution in [3.05, 3.63) is 22.7 Å². The zero-order chi connectivity index (χ0) is 14.0. The highest BCUT2D eigenvalue weighted by Crippen LogP contribution is 2.39. The van der Waals surface area contributed by atoms with E-state index in [1.807, 2.05) is 0 Å². The molecule has 0 bridgehead atoms. The lowest BCUT2D eigenvalue weighted by atomic mass is 10.1. The van der Waals surface area contributed by atoms with E-state index in [0.29, 0.717) is 17.9 Å². The minimum atomic E-state index is -1.08. The molecule has 1 heterocycles. The molecule has 2 N–H and O–H groups in total.